The average Bonchev–Trinajstić information content (AvgIpc) is 2.29. The van der Waals surface area contributed by atoms with Crippen molar-refractivity contribution in [2.45, 2.75) is 26.3 Å². The molecule has 0 bridgehead atoms. The highest BCUT2D eigenvalue weighted by Gasteiger charge is 2.25. The van der Waals surface area contributed by atoms with Crippen LogP contribution in [-0.2, 0) is 0 Å². The van der Waals surface area contributed by atoms with Crippen LogP contribution in [0.4, 0.5) is 10.1 Å². The normalized spacial score (nSPS) is 18.5. The Hall–Kier alpha value is -1.09. The van der Waals surface area contributed by atoms with Gasteiger partial charge in [-0.2, -0.15) is 0 Å². The molecule has 1 fully saturated rings. The van der Waals surface area contributed by atoms with Crippen molar-refractivity contribution in [3.63, 3.8) is 0 Å². The van der Waals surface area contributed by atoms with Crippen molar-refractivity contribution in [1.29, 1.82) is 0 Å². The van der Waals surface area contributed by atoms with Gasteiger partial charge in [-0.05, 0) is 45.0 Å². The molecule has 1 saturated heterocycles. The van der Waals surface area contributed by atoms with E-state index in [2.05, 4.69) is 30.6 Å². The van der Waals surface area contributed by atoms with Crippen molar-refractivity contribution < 1.29 is 4.39 Å². The Bertz CT molecular complexity index is 359. The maximum absolute atomic E-state index is 12.8. The average molecular weight is 236 g/mol. The molecule has 94 valence electrons. The molecule has 0 amide bonds. The molecule has 2 rings (SSSR count). The summed E-state index contributed by atoms with van der Waals surface area (Å²) in [6.45, 7) is 10.9. The van der Waals surface area contributed by atoms with Crippen LogP contribution in [0.25, 0.3) is 0 Å². The van der Waals surface area contributed by atoms with E-state index < -0.39 is 0 Å². The number of piperazine rings is 1. The van der Waals surface area contributed by atoms with E-state index in [0.717, 1.165) is 31.9 Å². The van der Waals surface area contributed by atoms with Crippen LogP contribution in [0.1, 0.15) is 20.8 Å². The summed E-state index contributed by atoms with van der Waals surface area (Å²) in [7, 11) is 0. The Morgan fingerprint density at radius 3 is 1.94 bits per heavy atom. The minimum absolute atomic E-state index is 0.165. The van der Waals surface area contributed by atoms with Gasteiger partial charge >= 0.3 is 0 Å². The second kappa shape index (κ2) is 4.65. The zero-order chi connectivity index (χ0) is 12.5. The minimum Gasteiger partial charge on any atom is -0.369 e. The van der Waals surface area contributed by atoms with Gasteiger partial charge in [-0.15, -0.1) is 0 Å². The van der Waals surface area contributed by atoms with E-state index in [1.54, 1.807) is 0 Å². The topological polar surface area (TPSA) is 6.48 Å². The third-order valence-electron chi connectivity index (χ3n) is 3.42. The molecule has 1 aromatic carbocycles. The molecule has 0 unspecified atom stereocenters. The predicted molar refractivity (Wildman–Crippen MR) is 69.9 cm³/mol. The second-order valence-corrected chi connectivity index (χ2v) is 5.62. The lowest BCUT2D eigenvalue weighted by Crippen LogP contribution is -2.53. The third-order valence-corrected chi connectivity index (χ3v) is 3.42. The van der Waals surface area contributed by atoms with E-state index in [1.165, 1.54) is 12.1 Å². The van der Waals surface area contributed by atoms with Crippen LogP contribution in [0.5, 0.6) is 0 Å². The van der Waals surface area contributed by atoms with Crippen LogP contribution in [0, 0.1) is 5.82 Å². The first kappa shape index (κ1) is 12.4. The number of hydrogen-bond acceptors (Lipinski definition) is 2. The standard InChI is InChI=1S/C14H21FN2/c1-14(2,3)17-10-8-16(9-11-17)13-6-4-12(15)5-7-13/h4-7H,8-11H2,1-3H3. The van der Waals surface area contributed by atoms with Gasteiger partial charge in [-0.25, -0.2) is 4.39 Å². The van der Waals surface area contributed by atoms with Crippen LogP contribution in [0.2, 0.25) is 0 Å². The number of hydrogen-bond donors (Lipinski definition) is 0. The Labute approximate surface area is 103 Å². The first-order chi connectivity index (χ1) is 7.97. The van der Waals surface area contributed by atoms with E-state index in [-0.39, 0.29) is 11.4 Å². The van der Waals surface area contributed by atoms with Gasteiger partial charge in [0.05, 0.1) is 0 Å². The molecule has 1 aromatic rings. The molecule has 2 nitrogen and oxygen atoms in total. The van der Waals surface area contributed by atoms with Crippen molar-refractivity contribution in [2.75, 3.05) is 31.1 Å². The quantitative estimate of drug-likeness (QED) is 0.740. The van der Waals surface area contributed by atoms with Gasteiger partial charge in [-0.3, -0.25) is 4.90 Å². The van der Waals surface area contributed by atoms with Gasteiger partial charge in [0.1, 0.15) is 5.82 Å². The van der Waals surface area contributed by atoms with Crippen LogP contribution in [0.3, 0.4) is 0 Å². The second-order valence-electron chi connectivity index (χ2n) is 5.62. The van der Waals surface area contributed by atoms with E-state index in [9.17, 15) is 4.39 Å². The van der Waals surface area contributed by atoms with Crippen LogP contribution in [-0.4, -0.2) is 36.6 Å². The third kappa shape index (κ3) is 2.97. The van der Waals surface area contributed by atoms with E-state index in [1.807, 2.05) is 12.1 Å². The fourth-order valence-electron chi connectivity index (χ4n) is 2.29. The Morgan fingerprint density at radius 2 is 1.47 bits per heavy atom. The van der Waals surface area contributed by atoms with Crippen molar-refractivity contribution >= 4 is 5.69 Å². The summed E-state index contributed by atoms with van der Waals surface area (Å²) in [5.74, 6) is -0.165. The number of nitrogens with zero attached hydrogens (tertiary/aromatic N) is 2. The zero-order valence-electron chi connectivity index (χ0n) is 10.9. The lowest BCUT2D eigenvalue weighted by Gasteiger charge is -2.43. The minimum atomic E-state index is -0.165. The fraction of sp³-hybridized carbons (Fsp3) is 0.571. The molecule has 0 N–H and O–H groups in total. The lowest BCUT2D eigenvalue weighted by atomic mass is 10.0. The molecule has 1 aliphatic rings. The van der Waals surface area contributed by atoms with Crippen LogP contribution in [0.15, 0.2) is 24.3 Å². The molecule has 0 atom stereocenters. The number of benzene rings is 1. The first-order valence-electron chi connectivity index (χ1n) is 6.22. The summed E-state index contributed by atoms with van der Waals surface area (Å²) in [5, 5.41) is 0. The molecule has 17 heavy (non-hydrogen) atoms. The number of rotatable bonds is 1. The molecule has 3 heteroatoms. The molecule has 0 aliphatic carbocycles. The number of anilines is 1. The predicted octanol–water partition coefficient (Wildman–Crippen LogP) is 2.75. The molecular weight excluding hydrogens is 215 g/mol. The van der Waals surface area contributed by atoms with Gasteiger partial charge in [0.2, 0.25) is 0 Å². The SMILES string of the molecule is CC(C)(C)N1CCN(c2ccc(F)cc2)CC1. The highest BCUT2D eigenvalue weighted by atomic mass is 19.1. The highest BCUT2D eigenvalue weighted by molar-refractivity contribution is 5.46. The summed E-state index contributed by atoms with van der Waals surface area (Å²) >= 11 is 0. The zero-order valence-corrected chi connectivity index (χ0v) is 10.9. The van der Waals surface area contributed by atoms with Crippen LogP contribution >= 0.6 is 0 Å². The smallest absolute Gasteiger partial charge is 0.123 e. The van der Waals surface area contributed by atoms with Crippen molar-refractivity contribution in [3.05, 3.63) is 30.1 Å². The molecule has 1 aliphatic heterocycles. The molecule has 0 aromatic heterocycles. The summed E-state index contributed by atoms with van der Waals surface area (Å²) in [6.07, 6.45) is 0. The Kier molecular flexibility index (Phi) is 3.38. The van der Waals surface area contributed by atoms with E-state index >= 15 is 0 Å². The summed E-state index contributed by atoms with van der Waals surface area (Å²) < 4.78 is 12.8. The molecular formula is C14H21FN2. The maximum atomic E-state index is 12.8. The molecule has 1 heterocycles. The monoisotopic (exact) mass is 236 g/mol. The number of halogens is 1. The van der Waals surface area contributed by atoms with Gasteiger partial charge in [0.15, 0.2) is 0 Å². The van der Waals surface area contributed by atoms with Gasteiger partial charge in [0.25, 0.3) is 0 Å². The highest BCUT2D eigenvalue weighted by Crippen LogP contribution is 2.20. The van der Waals surface area contributed by atoms with Gasteiger partial charge < -0.3 is 4.90 Å². The first-order valence-corrected chi connectivity index (χ1v) is 6.22. The lowest BCUT2D eigenvalue weighted by molar-refractivity contribution is 0.128. The Balaban J connectivity index is 1.97. The largest absolute Gasteiger partial charge is 0.369 e. The van der Waals surface area contributed by atoms with E-state index in [0.29, 0.717) is 0 Å². The molecule has 0 saturated carbocycles. The summed E-state index contributed by atoms with van der Waals surface area (Å²) in [6, 6.07) is 6.79. The molecule has 0 radical (unpaired) electrons. The van der Waals surface area contributed by atoms with Crippen molar-refractivity contribution in [3.8, 4) is 0 Å². The fourth-order valence-corrected chi connectivity index (χ4v) is 2.29. The van der Waals surface area contributed by atoms with Gasteiger partial charge in [-0.1, -0.05) is 0 Å². The van der Waals surface area contributed by atoms with E-state index in [4.69, 9.17) is 0 Å². The molecule has 0 spiro atoms. The van der Waals surface area contributed by atoms with Crippen molar-refractivity contribution in [1.82, 2.24) is 4.90 Å². The Morgan fingerprint density at radius 1 is 0.941 bits per heavy atom. The van der Waals surface area contributed by atoms with Gasteiger partial charge in [0, 0.05) is 37.4 Å². The maximum Gasteiger partial charge on any atom is 0.123 e. The van der Waals surface area contributed by atoms with Crippen molar-refractivity contribution in [2.24, 2.45) is 0 Å². The summed E-state index contributed by atoms with van der Waals surface area (Å²) in [4.78, 5) is 4.81. The summed E-state index contributed by atoms with van der Waals surface area (Å²) in [5.41, 5.74) is 1.37. The van der Waals surface area contributed by atoms with Crippen LogP contribution < -0.4 is 4.90 Å².